The van der Waals surface area contributed by atoms with Crippen molar-refractivity contribution in [3.05, 3.63) is 0 Å². The van der Waals surface area contributed by atoms with E-state index in [1.807, 2.05) is 0 Å². The van der Waals surface area contributed by atoms with E-state index in [4.69, 9.17) is 15.2 Å². The van der Waals surface area contributed by atoms with Gasteiger partial charge in [-0.05, 0) is 6.92 Å². The molecule has 0 aliphatic carbocycles. The molecule has 0 fully saturated rings. The quantitative estimate of drug-likeness (QED) is 0.308. The molecule has 0 spiro atoms. The van der Waals surface area contributed by atoms with Crippen molar-refractivity contribution in [2.75, 3.05) is 19.8 Å². The SMILES string of the molecule is CC(N)(COCC=O)OCC=O. The summed E-state index contributed by atoms with van der Waals surface area (Å²) in [6.45, 7) is 1.57. The van der Waals surface area contributed by atoms with E-state index in [-0.39, 0.29) is 19.8 Å². The van der Waals surface area contributed by atoms with Crippen LogP contribution >= 0.6 is 0 Å². The zero-order chi connectivity index (χ0) is 9.45. The Labute approximate surface area is 70.8 Å². The molecule has 1 unspecified atom stereocenters. The van der Waals surface area contributed by atoms with E-state index in [9.17, 15) is 9.59 Å². The number of nitrogens with two attached hydrogens (primary N) is 1. The Morgan fingerprint density at radius 2 is 1.92 bits per heavy atom. The summed E-state index contributed by atoms with van der Waals surface area (Å²) in [4.78, 5) is 19.7. The van der Waals surface area contributed by atoms with Gasteiger partial charge in [0, 0.05) is 0 Å². The first-order valence-electron chi connectivity index (χ1n) is 3.50. The van der Waals surface area contributed by atoms with Gasteiger partial charge in [0.2, 0.25) is 0 Å². The molecule has 0 heterocycles. The lowest BCUT2D eigenvalue weighted by atomic mass is 10.3. The largest absolute Gasteiger partial charge is 0.370 e. The zero-order valence-corrected chi connectivity index (χ0v) is 6.99. The Morgan fingerprint density at radius 3 is 2.42 bits per heavy atom. The average Bonchev–Trinajstić information content (AvgIpc) is 2.01. The molecular weight excluding hydrogens is 162 g/mol. The fourth-order valence-electron chi connectivity index (χ4n) is 0.576. The molecule has 0 aromatic heterocycles. The van der Waals surface area contributed by atoms with Crippen LogP contribution in [0.15, 0.2) is 0 Å². The molecule has 5 nitrogen and oxygen atoms in total. The van der Waals surface area contributed by atoms with Crippen molar-refractivity contribution in [2.45, 2.75) is 12.6 Å². The summed E-state index contributed by atoms with van der Waals surface area (Å²) in [6.07, 6.45) is 1.22. The summed E-state index contributed by atoms with van der Waals surface area (Å²) >= 11 is 0. The van der Waals surface area contributed by atoms with Crippen LogP contribution in [-0.4, -0.2) is 38.1 Å². The Morgan fingerprint density at radius 1 is 1.33 bits per heavy atom. The third kappa shape index (κ3) is 5.96. The minimum atomic E-state index is -1.01. The lowest BCUT2D eigenvalue weighted by Gasteiger charge is -2.22. The van der Waals surface area contributed by atoms with Crippen molar-refractivity contribution in [1.82, 2.24) is 0 Å². The molecule has 0 rings (SSSR count). The minimum absolute atomic E-state index is 0.0166. The van der Waals surface area contributed by atoms with Crippen molar-refractivity contribution < 1.29 is 19.1 Å². The number of rotatable bonds is 7. The Bertz CT molecular complexity index is 146. The Kier molecular flexibility index (Phi) is 5.44. The van der Waals surface area contributed by atoms with E-state index in [1.54, 1.807) is 6.92 Å². The molecule has 0 radical (unpaired) electrons. The normalized spacial score (nSPS) is 15.2. The number of carbonyl (C=O) groups is 2. The third-order valence-electron chi connectivity index (χ3n) is 1.06. The van der Waals surface area contributed by atoms with Gasteiger partial charge >= 0.3 is 0 Å². The van der Waals surface area contributed by atoms with Crippen LogP contribution in [-0.2, 0) is 19.1 Å². The zero-order valence-electron chi connectivity index (χ0n) is 6.99. The van der Waals surface area contributed by atoms with Crippen LogP contribution in [0.4, 0.5) is 0 Å². The second-order valence-corrected chi connectivity index (χ2v) is 2.47. The Hall–Kier alpha value is -0.780. The summed E-state index contributed by atoms with van der Waals surface area (Å²) in [5, 5.41) is 0. The van der Waals surface area contributed by atoms with Crippen molar-refractivity contribution in [3.8, 4) is 0 Å². The molecule has 0 bridgehead atoms. The monoisotopic (exact) mass is 175 g/mol. The number of ether oxygens (including phenoxy) is 2. The van der Waals surface area contributed by atoms with Crippen LogP contribution < -0.4 is 5.73 Å². The minimum Gasteiger partial charge on any atom is -0.370 e. The first kappa shape index (κ1) is 11.2. The van der Waals surface area contributed by atoms with E-state index >= 15 is 0 Å². The van der Waals surface area contributed by atoms with Gasteiger partial charge in [-0.1, -0.05) is 0 Å². The summed E-state index contributed by atoms with van der Waals surface area (Å²) in [5.74, 6) is 0. The van der Waals surface area contributed by atoms with Crippen molar-refractivity contribution in [1.29, 1.82) is 0 Å². The topological polar surface area (TPSA) is 78.6 Å². The molecule has 0 aliphatic heterocycles. The highest BCUT2D eigenvalue weighted by Crippen LogP contribution is 2.00. The fourth-order valence-corrected chi connectivity index (χ4v) is 0.576. The van der Waals surface area contributed by atoms with Crippen LogP contribution in [0.25, 0.3) is 0 Å². The first-order valence-corrected chi connectivity index (χ1v) is 3.50. The van der Waals surface area contributed by atoms with Gasteiger partial charge in [0.05, 0.1) is 6.61 Å². The summed E-state index contributed by atoms with van der Waals surface area (Å²) in [7, 11) is 0. The van der Waals surface area contributed by atoms with E-state index in [0.717, 1.165) is 0 Å². The molecule has 0 saturated heterocycles. The molecule has 0 saturated carbocycles. The predicted octanol–water partition coefficient (Wildman–Crippen LogP) is -0.908. The van der Waals surface area contributed by atoms with Crippen molar-refractivity contribution in [3.63, 3.8) is 0 Å². The highest BCUT2D eigenvalue weighted by Gasteiger charge is 2.18. The van der Waals surface area contributed by atoms with Gasteiger partial charge in [0.1, 0.15) is 31.5 Å². The highest BCUT2D eigenvalue weighted by molar-refractivity contribution is 5.50. The number of hydrogen-bond donors (Lipinski definition) is 1. The number of carbonyl (C=O) groups excluding carboxylic acids is 2. The molecule has 0 aromatic carbocycles. The smallest absolute Gasteiger partial charge is 0.145 e. The van der Waals surface area contributed by atoms with Gasteiger partial charge in [0.15, 0.2) is 0 Å². The van der Waals surface area contributed by atoms with Crippen LogP contribution in [0, 0.1) is 0 Å². The van der Waals surface area contributed by atoms with Gasteiger partial charge < -0.3 is 24.8 Å². The van der Waals surface area contributed by atoms with Gasteiger partial charge in [0.25, 0.3) is 0 Å². The summed E-state index contributed by atoms with van der Waals surface area (Å²) in [5.41, 5.74) is 4.51. The molecule has 5 heteroatoms. The van der Waals surface area contributed by atoms with Gasteiger partial charge in [-0.15, -0.1) is 0 Å². The lowest BCUT2D eigenvalue weighted by Crippen LogP contribution is -2.44. The van der Waals surface area contributed by atoms with Gasteiger partial charge in [-0.3, -0.25) is 0 Å². The maximum atomic E-state index is 9.90. The standard InChI is InChI=1S/C7H13NO4/c1-7(8,12-5-3-10)6-11-4-2-9/h2-3H,4-6,8H2,1H3. The summed E-state index contributed by atoms with van der Waals surface area (Å²) in [6, 6.07) is 0. The van der Waals surface area contributed by atoms with E-state index in [2.05, 4.69) is 0 Å². The van der Waals surface area contributed by atoms with Gasteiger partial charge in [-0.2, -0.15) is 0 Å². The third-order valence-corrected chi connectivity index (χ3v) is 1.06. The predicted molar refractivity (Wildman–Crippen MR) is 41.5 cm³/mol. The highest BCUT2D eigenvalue weighted by atomic mass is 16.6. The summed E-state index contributed by atoms with van der Waals surface area (Å²) < 4.78 is 9.70. The van der Waals surface area contributed by atoms with Crippen LogP contribution in [0.5, 0.6) is 0 Å². The van der Waals surface area contributed by atoms with Crippen LogP contribution in [0.1, 0.15) is 6.92 Å². The molecule has 12 heavy (non-hydrogen) atoms. The molecule has 2 N–H and O–H groups in total. The fraction of sp³-hybridized carbons (Fsp3) is 0.714. The molecule has 0 aromatic rings. The van der Waals surface area contributed by atoms with Crippen molar-refractivity contribution in [2.24, 2.45) is 5.73 Å². The van der Waals surface area contributed by atoms with E-state index in [0.29, 0.717) is 12.6 Å². The molecule has 0 aliphatic rings. The average molecular weight is 175 g/mol. The van der Waals surface area contributed by atoms with Crippen LogP contribution in [0.2, 0.25) is 0 Å². The maximum absolute atomic E-state index is 9.90. The Balaban J connectivity index is 3.54. The lowest BCUT2D eigenvalue weighted by molar-refractivity contribution is -0.127. The molecule has 1 atom stereocenters. The second-order valence-electron chi connectivity index (χ2n) is 2.47. The van der Waals surface area contributed by atoms with Crippen molar-refractivity contribution >= 4 is 12.6 Å². The molecular formula is C7H13NO4. The number of hydrogen-bond acceptors (Lipinski definition) is 5. The first-order chi connectivity index (χ1) is 5.62. The van der Waals surface area contributed by atoms with Crippen LogP contribution in [0.3, 0.4) is 0 Å². The van der Waals surface area contributed by atoms with E-state index < -0.39 is 5.72 Å². The second kappa shape index (κ2) is 5.82. The van der Waals surface area contributed by atoms with E-state index in [1.165, 1.54) is 0 Å². The molecule has 70 valence electrons. The van der Waals surface area contributed by atoms with Gasteiger partial charge in [-0.25, -0.2) is 0 Å². The maximum Gasteiger partial charge on any atom is 0.145 e. The molecule has 0 amide bonds. The number of aldehydes is 2.